The van der Waals surface area contributed by atoms with Gasteiger partial charge in [0.15, 0.2) is 11.6 Å². The SMILES string of the molecule is Cn1nc(N)c2c(Oc3cc(F)ccc3Cl)c(NC(=O)c3cc(F)cc(C(F)(F)F)c3)cc(Br)c21. The van der Waals surface area contributed by atoms with Crippen LogP contribution >= 0.6 is 27.5 Å². The summed E-state index contributed by atoms with van der Waals surface area (Å²) in [6, 6.07) is 6.17. The fourth-order valence-electron chi connectivity index (χ4n) is 3.38. The van der Waals surface area contributed by atoms with Crippen LogP contribution in [-0.4, -0.2) is 15.7 Å². The Morgan fingerprint density at radius 1 is 1.14 bits per heavy atom. The van der Waals surface area contributed by atoms with Gasteiger partial charge in [-0.05, 0) is 52.3 Å². The van der Waals surface area contributed by atoms with Crippen molar-refractivity contribution >= 4 is 55.8 Å². The lowest BCUT2D eigenvalue weighted by Gasteiger charge is -2.16. The molecule has 1 heterocycles. The van der Waals surface area contributed by atoms with E-state index in [0.29, 0.717) is 22.1 Å². The molecule has 1 amide bonds. The minimum absolute atomic E-state index is 0.0214. The second-order valence-corrected chi connectivity index (χ2v) is 8.59. The van der Waals surface area contributed by atoms with E-state index in [-0.39, 0.29) is 39.5 Å². The number of nitrogen functional groups attached to an aromatic ring is 1. The molecule has 0 saturated carbocycles. The Bertz CT molecular complexity index is 1490. The third-order valence-electron chi connectivity index (χ3n) is 4.88. The summed E-state index contributed by atoms with van der Waals surface area (Å²) < 4.78 is 74.6. The number of carbonyl (C=O) groups excluding carboxylic acids is 1. The Hall–Kier alpha value is -3.38. The second-order valence-electron chi connectivity index (χ2n) is 7.32. The molecule has 0 fully saturated rings. The third-order valence-corrected chi connectivity index (χ3v) is 5.80. The number of aryl methyl sites for hydroxylation is 1. The largest absolute Gasteiger partial charge is 0.453 e. The van der Waals surface area contributed by atoms with Crippen LogP contribution in [0.3, 0.4) is 0 Å². The zero-order valence-electron chi connectivity index (χ0n) is 17.5. The minimum atomic E-state index is -4.87. The lowest BCUT2D eigenvalue weighted by atomic mass is 10.1. The minimum Gasteiger partial charge on any atom is -0.453 e. The summed E-state index contributed by atoms with van der Waals surface area (Å²) in [6.07, 6.45) is -4.87. The van der Waals surface area contributed by atoms with E-state index in [9.17, 15) is 26.7 Å². The molecule has 0 saturated heterocycles. The number of fused-ring (bicyclic) bond motifs is 1. The topological polar surface area (TPSA) is 82.2 Å². The molecule has 0 radical (unpaired) electrons. The molecule has 4 rings (SSSR count). The molecule has 0 spiro atoms. The summed E-state index contributed by atoms with van der Waals surface area (Å²) in [6.45, 7) is 0. The van der Waals surface area contributed by atoms with Crippen molar-refractivity contribution in [2.45, 2.75) is 6.18 Å². The standard InChI is InChI=1S/C22H13BrClF5N4O2/c1-33-18-13(23)8-15(31-21(34)9-4-10(22(27,28)29)6-12(26)5-9)19(17(18)20(30)32-33)35-16-7-11(25)2-3-14(16)24/h2-8H,1H3,(H2,30,32)(H,31,34). The van der Waals surface area contributed by atoms with Gasteiger partial charge in [0.2, 0.25) is 0 Å². The van der Waals surface area contributed by atoms with Crippen LogP contribution in [0.15, 0.2) is 46.9 Å². The molecule has 3 aromatic carbocycles. The highest BCUT2D eigenvalue weighted by molar-refractivity contribution is 9.10. The summed E-state index contributed by atoms with van der Waals surface area (Å²) >= 11 is 9.45. The highest BCUT2D eigenvalue weighted by Gasteiger charge is 2.32. The van der Waals surface area contributed by atoms with Crippen molar-refractivity contribution in [1.82, 2.24) is 9.78 Å². The molecule has 182 valence electrons. The fourth-order valence-corrected chi connectivity index (χ4v) is 4.22. The highest BCUT2D eigenvalue weighted by Crippen LogP contribution is 2.45. The Kier molecular flexibility index (Phi) is 6.36. The summed E-state index contributed by atoms with van der Waals surface area (Å²) in [5, 5.41) is 6.74. The van der Waals surface area contributed by atoms with Crippen LogP contribution in [0.1, 0.15) is 15.9 Å². The molecular formula is C22H13BrClF5N4O2. The van der Waals surface area contributed by atoms with Gasteiger partial charge in [0.25, 0.3) is 5.91 Å². The van der Waals surface area contributed by atoms with E-state index < -0.39 is 34.8 Å². The van der Waals surface area contributed by atoms with Crippen molar-refractivity contribution in [2.24, 2.45) is 7.05 Å². The Labute approximate surface area is 207 Å². The maximum atomic E-state index is 13.8. The third kappa shape index (κ3) is 4.89. The number of hydrogen-bond donors (Lipinski definition) is 2. The average Bonchev–Trinajstić information content (AvgIpc) is 3.06. The van der Waals surface area contributed by atoms with E-state index >= 15 is 0 Å². The number of amides is 1. The van der Waals surface area contributed by atoms with Crippen molar-refractivity contribution in [1.29, 1.82) is 0 Å². The number of hydrogen-bond acceptors (Lipinski definition) is 4. The lowest BCUT2D eigenvalue weighted by molar-refractivity contribution is -0.137. The predicted octanol–water partition coefficient (Wildman–Crippen LogP) is 6.91. The van der Waals surface area contributed by atoms with Crippen molar-refractivity contribution in [3.8, 4) is 11.5 Å². The first-order chi connectivity index (χ1) is 16.3. The first kappa shape index (κ1) is 24.7. The first-order valence-corrected chi connectivity index (χ1v) is 10.8. The number of halogens is 7. The number of rotatable bonds is 4. The molecule has 6 nitrogen and oxygen atoms in total. The number of nitrogens with two attached hydrogens (primary N) is 1. The molecule has 0 bridgehead atoms. The van der Waals surface area contributed by atoms with Crippen LogP contribution < -0.4 is 15.8 Å². The number of alkyl halides is 3. The van der Waals surface area contributed by atoms with Crippen LogP contribution in [0.5, 0.6) is 11.5 Å². The van der Waals surface area contributed by atoms with E-state index in [2.05, 4.69) is 26.3 Å². The van der Waals surface area contributed by atoms with Crippen molar-refractivity contribution in [3.05, 3.63) is 74.7 Å². The maximum absolute atomic E-state index is 13.8. The summed E-state index contributed by atoms with van der Waals surface area (Å²) in [5.74, 6) is -3.24. The van der Waals surface area contributed by atoms with Gasteiger partial charge in [-0.25, -0.2) is 8.78 Å². The summed E-state index contributed by atoms with van der Waals surface area (Å²) in [4.78, 5) is 12.9. The van der Waals surface area contributed by atoms with E-state index in [4.69, 9.17) is 22.1 Å². The van der Waals surface area contributed by atoms with Gasteiger partial charge in [-0.15, -0.1) is 0 Å². The first-order valence-electron chi connectivity index (χ1n) is 9.62. The smallest absolute Gasteiger partial charge is 0.416 e. The zero-order chi connectivity index (χ0) is 25.7. The van der Waals surface area contributed by atoms with Crippen molar-refractivity contribution in [2.75, 3.05) is 11.1 Å². The normalized spacial score (nSPS) is 11.7. The van der Waals surface area contributed by atoms with E-state index in [1.54, 1.807) is 7.05 Å². The molecule has 35 heavy (non-hydrogen) atoms. The van der Waals surface area contributed by atoms with Crippen LogP contribution in [-0.2, 0) is 13.2 Å². The number of ether oxygens (including phenoxy) is 1. The average molecular weight is 576 g/mol. The second kappa shape index (κ2) is 9.00. The predicted molar refractivity (Wildman–Crippen MR) is 124 cm³/mol. The van der Waals surface area contributed by atoms with E-state index in [1.165, 1.54) is 16.8 Å². The molecule has 4 aromatic rings. The van der Waals surface area contributed by atoms with Gasteiger partial charge < -0.3 is 15.8 Å². The molecule has 0 aliphatic rings. The van der Waals surface area contributed by atoms with Gasteiger partial charge in [-0.2, -0.15) is 18.3 Å². The van der Waals surface area contributed by atoms with Gasteiger partial charge in [0, 0.05) is 23.2 Å². The number of nitrogens with zero attached hydrogens (tertiary/aromatic N) is 2. The molecular weight excluding hydrogens is 563 g/mol. The fraction of sp³-hybridized carbons (Fsp3) is 0.0909. The number of benzene rings is 3. The molecule has 3 N–H and O–H groups in total. The van der Waals surface area contributed by atoms with Crippen LogP contribution in [0.25, 0.3) is 10.9 Å². The van der Waals surface area contributed by atoms with Gasteiger partial charge in [0.05, 0.1) is 27.2 Å². The quantitative estimate of drug-likeness (QED) is 0.259. The number of carbonyl (C=O) groups is 1. The van der Waals surface area contributed by atoms with E-state index in [1.807, 2.05) is 0 Å². The van der Waals surface area contributed by atoms with E-state index in [0.717, 1.165) is 12.1 Å². The molecule has 0 atom stereocenters. The zero-order valence-corrected chi connectivity index (χ0v) is 19.8. The number of nitrogens with one attached hydrogen (secondary N) is 1. The molecule has 0 aliphatic heterocycles. The van der Waals surface area contributed by atoms with Crippen LogP contribution in [0, 0.1) is 11.6 Å². The van der Waals surface area contributed by atoms with Gasteiger partial charge in [-0.1, -0.05) is 11.6 Å². The van der Waals surface area contributed by atoms with Gasteiger partial charge in [-0.3, -0.25) is 9.48 Å². The number of aromatic nitrogens is 2. The highest BCUT2D eigenvalue weighted by atomic mass is 79.9. The Balaban J connectivity index is 1.85. The monoisotopic (exact) mass is 574 g/mol. The Morgan fingerprint density at radius 2 is 1.86 bits per heavy atom. The summed E-state index contributed by atoms with van der Waals surface area (Å²) in [5.41, 5.74) is 4.47. The van der Waals surface area contributed by atoms with Crippen molar-refractivity contribution in [3.63, 3.8) is 0 Å². The summed E-state index contributed by atoms with van der Waals surface area (Å²) in [7, 11) is 1.59. The van der Waals surface area contributed by atoms with Gasteiger partial charge >= 0.3 is 6.18 Å². The Morgan fingerprint density at radius 3 is 2.54 bits per heavy atom. The van der Waals surface area contributed by atoms with Crippen LogP contribution in [0.4, 0.5) is 33.5 Å². The maximum Gasteiger partial charge on any atom is 0.416 e. The molecule has 1 aromatic heterocycles. The van der Waals surface area contributed by atoms with Gasteiger partial charge in [0.1, 0.15) is 17.4 Å². The van der Waals surface area contributed by atoms with Crippen molar-refractivity contribution < 1.29 is 31.5 Å². The van der Waals surface area contributed by atoms with Crippen LogP contribution in [0.2, 0.25) is 5.02 Å². The lowest BCUT2D eigenvalue weighted by Crippen LogP contribution is -2.15. The molecule has 13 heteroatoms. The molecule has 0 unspecified atom stereocenters. The molecule has 0 aliphatic carbocycles. The number of anilines is 2.